The molecule has 2 N–H and O–H groups in total. The van der Waals surface area contributed by atoms with Crippen molar-refractivity contribution < 1.29 is 0 Å². The van der Waals surface area contributed by atoms with Crippen LogP contribution in [0.15, 0.2) is 18.2 Å². The molecule has 0 aliphatic carbocycles. The number of rotatable bonds is 6. The predicted molar refractivity (Wildman–Crippen MR) is 79.6 cm³/mol. The summed E-state index contributed by atoms with van der Waals surface area (Å²) in [6.45, 7) is 8.81. The monoisotopic (exact) mass is 251 g/mol. The van der Waals surface area contributed by atoms with Gasteiger partial charge >= 0.3 is 0 Å². The number of nitrogens with two attached hydrogens (primary N) is 1. The summed E-state index contributed by atoms with van der Waals surface area (Å²) in [6.07, 6.45) is 1.28. The highest BCUT2D eigenvalue weighted by Gasteiger charge is 2.09. The van der Waals surface area contributed by atoms with Crippen LogP contribution in [0.4, 0.5) is 0 Å². The van der Waals surface area contributed by atoms with Gasteiger partial charge in [-0.1, -0.05) is 37.6 Å². The Morgan fingerprint density at radius 1 is 1.24 bits per heavy atom. The van der Waals surface area contributed by atoms with Gasteiger partial charge in [0.2, 0.25) is 0 Å². The molecule has 0 fully saturated rings. The van der Waals surface area contributed by atoms with E-state index < -0.39 is 0 Å². The molecule has 0 aliphatic rings. The number of hydrogen-bond acceptors (Lipinski definition) is 2. The van der Waals surface area contributed by atoms with E-state index in [2.05, 4.69) is 45.9 Å². The smallest absolute Gasteiger partial charge is 0.0389 e. The molecule has 1 nitrogen and oxygen atoms in total. The molecule has 17 heavy (non-hydrogen) atoms. The molecule has 0 bridgehead atoms. The van der Waals surface area contributed by atoms with E-state index in [0.717, 1.165) is 11.7 Å². The third-order valence-corrected chi connectivity index (χ3v) is 4.09. The fraction of sp³-hybridized carbons (Fsp3) is 0.600. The highest BCUT2D eigenvalue weighted by Crippen LogP contribution is 2.21. The summed E-state index contributed by atoms with van der Waals surface area (Å²) in [7, 11) is 0. The SMILES string of the molecule is Cc1ccc(C)c(C(N)CSCCC(C)C)c1. The Morgan fingerprint density at radius 2 is 1.94 bits per heavy atom. The first-order chi connectivity index (χ1) is 8.00. The minimum absolute atomic E-state index is 0.173. The summed E-state index contributed by atoms with van der Waals surface area (Å²) >= 11 is 1.97. The predicted octanol–water partition coefficient (Wildman–Crippen LogP) is 4.08. The summed E-state index contributed by atoms with van der Waals surface area (Å²) in [6, 6.07) is 6.72. The Morgan fingerprint density at radius 3 is 2.59 bits per heavy atom. The van der Waals surface area contributed by atoms with Gasteiger partial charge in [-0.15, -0.1) is 0 Å². The van der Waals surface area contributed by atoms with Crippen molar-refractivity contribution in [2.24, 2.45) is 11.7 Å². The second-order valence-electron chi connectivity index (χ2n) is 5.22. The van der Waals surface area contributed by atoms with Crippen molar-refractivity contribution in [2.75, 3.05) is 11.5 Å². The average Bonchev–Trinajstić information content (AvgIpc) is 2.27. The van der Waals surface area contributed by atoms with E-state index >= 15 is 0 Å². The highest BCUT2D eigenvalue weighted by atomic mass is 32.2. The van der Waals surface area contributed by atoms with Crippen LogP contribution in [-0.2, 0) is 0 Å². The molecule has 0 aromatic heterocycles. The van der Waals surface area contributed by atoms with Crippen LogP contribution in [0, 0.1) is 19.8 Å². The normalized spacial score (nSPS) is 13.1. The molecule has 0 amide bonds. The first-order valence-electron chi connectivity index (χ1n) is 6.41. The van der Waals surface area contributed by atoms with Crippen molar-refractivity contribution in [3.8, 4) is 0 Å². The van der Waals surface area contributed by atoms with Crippen LogP contribution in [-0.4, -0.2) is 11.5 Å². The Balaban J connectivity index is 2.46. The minimum Gasteiger partial charge on any atom is -0.323 e. The maximum atomic E-state index is 6.26. The van der Waals surface area contributed by atoms with Gasteiger partial charge in [-0.25, -0.2) is 0 Å². The number of benzene rings is 1. The van der Waals surface area contributed by atoms with Crippen molar-refractivity contribution in [3.05, 3.63) is 34.9 Å². The van der Waals surface area contributed by atoms with E-state index in [-0.39, 0.29) is 6.04 Å². The topological polar surface area (TPSA) is 26.0 Å². The van der Waals surface area contributed by atoms with Crippen LogP contribution in [0.1, 0.15) is 43.0 Å². The van der Waals surface area contributed by atoms with Gasteiger partial charge in [-0.05, 0) is 43.1 Å². The van der Waals surface area contributed by atoms with Crippen LogP contribution >= 0.6 is 11.8 Å². The van der Waals surface area contributed by atoms with Crippen LogP contribution in [0.2, 0.25) is 0 Å². The number of thioether (sulfide) groups is 1. The first-order valence-corrected chi connectivity index (χ1v) is 7.56. The summed E-state index contributed by atoms with van der Waals surface area (Å²) in [5, 5.41) is 0. The van der Waals surface area contributed by atoms with Crippen molar-refractivity contribution in [2.45, 2.75) is 40.2 Å². The lowest BCUT2D eigenvalue weighted by molar-refractivity contribution is 0.631. The molecular weight excluding hydrogens is 226 g/mol. The van der Waals surface area contributed by atoms with Gasteiger partial charge < -0.3 is 5.73 Å². The van der Waals surface area contributed by atoms with E-state index in [9.17, 15) is 0 Å². The molecule has 1 aromatic rings. The van der Waals surface area contributed by atoms with Crippen LogP contribution in [0.25, 0.3) is 0 Å². The Bertz CT molecular complexity index is 347. The zero-order valence-electron chi connectivity index (χ0n) is 11.5. The van der Waals surface area contributed by atoms with Gasteiger partial charge in [0, 0.05) is 11.8 Å². The standard InChI is InChI=1S/C15H25NS/c1-11(2)7-8-17-10-15(16)14-9-12(3)5-6-13(14)4/h5-6,9,11,15H,7-8,10,16H2,1-4H3. The summed E-state index contributed by atoms with van der Waals surface area (Å²) in [5.41, 5.74) is 10.2. The van der Waals surface area contributed by atoms with Gasteiger partial charge in [0.05, 0.1) is 0 Å². The fourth-order valence-electron chi connectivity index (χ4n) is 1.78. The van der Waals surface area contributed by atoms with Crippen LogP contribution in [0.3, 0.4) is 0 Å². The van der Waals surface area contributed by atoms with Crippen molar-refractivity contribution in [1.82, 2.24) is 0 Å². The quantitative estimate of drug-likeness (QED) is 0.771. The molecule has 0 aliphatic heterocycles. The van der Waals surface area contributed by atoms with Crippen molar-refractivity contribution >= 4 is 11.8 Å². The maximum absolute atomic E-state index is 6.26. The molecular formula is C15H25NS. The van der Waals surface area contributed by atoms with Gasteiger partial charge in [0.15, 0.2) is 0 Å². The van der Waals surface area contributed by atoms with Crippen LogP contribution in [0.5, 0.6) is 0 Å². The molecule has 0 heterocycles. The van der Waals surface area contributed by atoms with Crippen molar-refractivity contribution in [3.63, 3.8) is 0 Å². The van der Waals surface area contributed by atoms with Gasteiger partial charge in [-0.2, -0.15) is 11.8 Å². The Hall–Kier alpha value is -0.470. The van der Waals surface area contributed by atoms with Crippen LogP contribution < -0.4 is 5.73 Å². The van der Waals surface area contributed by atoms with Gasteiger partial charge in [-0.3, -0.25) is 0 Å². The molecule has 0 spiro atoms. The largest absolute Gasteiger partial charge is 0.323 e. The molecule has 2 heteroatoms. The average molecular weight is 251 g/mol. The molecule has 1 unspecified atom stereocenters. The van der Waals surface area contributed by atoms with Crippen molar-refractivity contribution in [1.29, 1.82) is 0 Å². The third-order valence-electron chi connectivity index (χ3n) is 2.97. The second-order valence-corrected chi connectivity index (χ2v) is 6.37. The summed E-state index contributed by atoms with van der Waals surface area (Å²) < 4.78 is 0. The zero-order chi connectivity index (χ0) is 12.8. The molecule has 1 atom stereocenters. The molecule has 1 rings (SSSR count). The maximum Gasteiger partial charge on any atom is 0.0389 e. The van der Waals surface area contributed by atoms with E-state index in [1.165, 1.54) is 28.9 Å². The lowest BCUT2D eigenvalue weighted by Crippen LogP contribution is -2.15. The van der Waals surface area contributed by atoms with E-state index in [1.54, 1.807) is 0 Å². The lowest BCUT2D eigenvalue weighted by atomic mass is 10.0. The van der Waals surface area contributed by atoms with E-state index in [0.29, 0.717) is 0 Å². The van der Waals surface area contributed by atoms with E-state index in [1.807, 2.05) is 11.8 Å². The highest BCUT2D eigenvalue weighted by molar-refractivity contribution is 7.99. The molecule has 0 saturated carbocycles. The van der Waals surface area contributed by atoms with Gasteiger partial charge in [0.1, 0.15) is 0 Å². The minimum atomic E-state index is 0.173. The molecule has 1 aromatic carbocycles. The van der Waals surface area contributed by atoms with Gasteiger partial charge in [0.25, 0.3) is 0 Å². The Kier molecular flexibility index (Phi) is 6.07. The zero-order valence-corrected chi connectivity index (χ0v) is 12.3. The van der Waals surface area contributed by atoms with E-state index in [4.69, 9.17) is 5.73 Å². The molecule has 0 radical (unpaired) electrons. The molecule has 96 valence electrons. The number of aryl methyl sites for hydroxylation is 2. The summed E-state index contributed by atoms with van der Waals surface area (Å²) in [4.78, 5) is 0. The Labute approximate surface area is 110 Å². The third kappa shape index (κ3) is 5.13. The molecule has 0 saturated heterocycles. The lowest BCUT2D eigenvalue weighted by Gasteiger charge is -2.15. The fourth-order valence-corrected chi connectivity index (χ4v) is 3.02. The summed E-state index contributed by atoms with van der Waals surface area (Å²) in [5.74, 6) is 3.03. The number of hydrogen-bond donors (Lipinski definition) is 1. The first kappa shape index (κ1) is 14.6. The second kappa shape index (κ2) is 7.07.